The molecule has 2 saturated heterocycles. The van der Waals surface area contributed by atoms with Gasteiger partial charge < -0.3 is 15.0 Å². The highest BCUT2D eigenvalue weighted by Gasteiger charge is 2.32. The molecule has 0 saturated carbocycles. The Morgan fingerprint density at radius 3 is 2.10 bits per heavy atom. The van der Waals surface area contributed by atoms with Crippen LogP contribution in [0.5, 0.6) is 0 Å². The van der Waals surface area contributed by atoms with E-state index in [-0.39, 0.29) is 11.8 Å². The summed E-state index contributed by atoms with van der Waals surface area (Å²) in [5.41, 5.74) is 1.75. The van der Waals surface area contributed by atoms with Gasteiger partial charge in [-0.25, -0.2) is 0 Å². The number of para-hydroxylation sites is 1. The summed E-state index contributed by atoms with van der Waals surface area (Å²) in [4.78, 5) is 32.2. The van der Waals surface area contributed by atoms with Gasteiger partial charge in [-0.15, -0.1) is 0 Å². The van der Waals surface area contributed by atoms with Gasteiger partial charge in [0, 0.05) is 45.0 Å². The molecule has 0 spiro atoms. The van der Waals surface area contributed by atoms with Crippen LogP contribution in [0.15, 0.2) is 60.7 Å². The normalized spacial score (nSPS) is 19.0. The van der Waals surface area contributed by atoms with E-state index in [1.165, 1.54) is 0 Å². The van der Waals surface area contributed by atoms with Crippen LogP contribution in [0.4, 0.5) is 5.69 Å². The van der Waals surface area contributed by atoms with Crippen molar-refractivity contribution in [2.75, 3.05) is 64.3 Å². The summed E-state index contributed by atoms with van der Waals surface area (Å²) in [6.07, 6.45) is 0. The Labute approximate surface area is 183 Å². The molecule has 1 unspecified atom stereocenters. The van der Waals surface area contributed by atoms with Crippen LogP contribution in [0, 0.1) is 0 Å². The summed E-state index contributed by atoms with van der Waals surface area (Å²) in [7, 11) is 0. The van der Waals surface area contributed by atoms with Crippen molar-refractivity contribution in [2.24, 2.45) is 0 Å². The average molecular weight is 423 g/mol. The first-order chi connectivity index (χ1) is 15.2. The fraction of sp³-hybridized carbons (Fsp3) is 0.417. The topological polar surface area (TPSA) is 65.1 Å². The number of ether oxygens (including phenoxy) is 1. The number of benzene rings is 2. The zero-order valence-electron chi connectivity index (χ0n) is 17.8. The lowest BCUT2D eigenvalue weighted by Gasteiger charge is -2.39. The molecule has 2 fully saturated rings. The summed E-state index contributed by atoms with van der Waals surface area (Å²) < 4.78 is 5.36. The van der Waals surface area contributed by atoms with Crippen LogP contribution in [0.1, 0.15) is 11.6 Å². The van der Waals surface area contributed by atoms with E-state index < -0.39 is 6.04 Å². The van der Waals surface area contributed by atoms with E-state index in [9.17, 15) is 9.59 Å². The Kier molecular flexibility index (Phi) is 7.30. The van der Waals surface area contributed by atoms with Gasteiger partial charge in [0.2, 0.25) is 11.8 Å². The van der Waals surface area contributed by atoms with E-state index in [1.54, 1.807) is 0 Å². The number of morpholine rings is 1. The maximum atomic E-state index is 13.2. The fourth-order valence-corrected chi connectivity index (χ4v) is 4.18. The summed E-state index contributed by atoms with van der Waals surface area (Å²) >= 11 is 0. The van der Waals surface area contributed by atoms with E-state index in [0.29, 0.717) is 45.9 Å². The highest BCUT2D eigenvalue weighted by molar-refractivity contribution is 5.95. The summed E-state index contributed by atoms with van der Waals surface area (Å²) in [6.45, 7) is 6.03. The molecule has 1 atom stereocenters. The molecule has 0 aliphatic carbocycles. The van der Waals surface area contributed by atoms with Gasteiger partial charge in [0.25, 0.3) is 0 Å². The summed E-state index contributed by atoms with van der Waals surface area (Å²) in [5.74, 6) is 0.108. The minimum Gasteiger partial charge on any atom is -0.379 e. The van der Waals surface area contributed by atoms with Gasteiger partial charge in [0.15, 0.2) is 0 Å². The van der Waals surface area contributed by atoms with Crippen molar-refractivity contribution in [3.63, 3.8) is 0 Å². The minimum atomic E-state index is -0.391. The molecule has 1 N–H and O–H groups in total. The minimum absolute atomic E-state index is 0.0505. The lowest BCUT2D eigenvalue weighted by atomic mass is 10.0. The molecule has 7 nitrogen and oxygen atoms in total. The predicted octanol–water partition coefficient (Wildman–Crippen LogP) is 1.84. The van der Waals surface area contributed by atoms with Gasteiger partial charge in [-0.2, -0.15) is 0 Å². The molecule has 164 valence electrons. The zero-order chi connectivity index (χ0) is 21.5. The standard InChI is InChI=1S/C24H30N4O3/c29-22(19-26-15-17-31-18-16-26)27-11-13-28(14-12-27)23(20-7-3-1-4-8-20)24(30)25-21-9-5-2-6-10-21/h1-10,23H,11-19H2,(H,25,30). The van der Waals surface area contributed by atoms with Gasteiger partial charge in [-0.1, -0.05) is 48.5 Å². The smallest absolute Gasteiger partial charge is 0.246 e. The number of carbonyl (C=O) groups is 2. The van der Waals surface area contributed by atoms with Gasteiger partial charge in [0.1, 0.15) is 6.04 Å². The number of carbonyl (C=O) groups excluding carboxylic acids is 2. The second kappa shape index (κ2) is 10.5. The van der Waals surface area contributed by atoms with Crippen LogP contribution in [0.25, 0.3) is 0 Å². The molecule has 0 aromatic heterocycles. The lowest BCUT2D eigenvalue weighted by molar-refractivity contribution is -0.136. The van der Waals surface area contributed by atoms with Gasteiger partial charge >= 0.3 is 0 Å². The van der Waals surface area contributed by atoms with E-state index in [4.69, 9.17) is 4.74 Å². The van der Waals surface area contributed by atoms with Crippen LogP contribution in [0.3, 0.4) is 0 Å². The van der Waals surface area contributed by atoms with Gasteiger partial charge in [-0.3, -0.25) is 19.4 Å². The van der Waals surface area contributed by atoms with Crippen molar-refractivity contribution in [2.45, 2.75) is 6.04 Å². The molecule has 0 bridgehead atoms. The number of anilines is 1. The molecular formula is C24H30N4O3. The van der Waals surface area contributed by atoms with E-state index in [2.05, 4.69) is 15.1 Å². The first-order valence-electron chi connectivity index (χ1n) is 10.9. The van der Waals surface area contributed by atoms with Crippen LogP contribution in [-0.2, 0) is 14.3 Å². The second-order valence-corrected chi connectivity index (χ2v) is 7.97. The van der Waals surface area contributed by atoms with Crippen LogP contribution < -0.4 is 5.32 Å². The molecule has 2 aliphatic rings. The summed E-state index contributed by atoms with van der Waals surface area (Å²) in [6, 6.07) is 19.0. The largest absolute Gasteiger partial charge is 0.379 e. The molecule has 2 aromatic rings. The first-order valence-corrected chi connectivity index (χ1v) is 10.9. The monoisotopic (exact) mass is 422 g/mol. The third-order valence-corrected chi connectivity index (χ3v) is 5.90. The Hall–Kier alpha value is -2.74. The fourth-order valence-electron chi connectivity index (χ4n) is 4.18. The van der Waals surface area contributed by atoms with E-state index >= 15 is 0 Å². The number of hydrogen-bond acceptors (Lipinski definition) is 5. The molecule has 2 heterocycles. The highest BCUT2D eigenvalue weighted by Crippen LogP contribution is 2.24. The maximum Gasteiger partial charge on any atom is 0.246 e. The predicted molar refractivity (Wildman–Crippen MR) is 120 cm³/mol. The Balaban J connectivity index is 1.40. The zero-order valence-corrected chi connectivity index (χ0v) is 17.8. The number of amides is 2. The third-order valence-electron chi connectivity index (χ3n) is 5.90. The highest BCUT2D eigenvalue weighted by atomic mass is 16.5. The maximum absolute atomic E-state index is 13.2. The van der Waals surface area contributed by atoms with Crippen LogP contribution in [-0.4, -0.2) is 85.5 Å². The Bertz CT molecular complexity index is 848. The molecule has 4 rings (SSSR count). The molecule has 2 aliphatic heterocycles. The number of nitrogens with one attached hydrogen (secondary N) is 1. The summed E-state index contributed by atoms with van der Waals surface area (Å²) in [5, 5.41) is 3.05. The van der Waals surface area contributed by atoms with Gasteiger partial charge in [0.05, 0.1) is 19.8 Å². The average Bonchev–Trinajstić information content (AvgIpc) is 2.82. The van der Waals surface area contributed by atoms with Crippen molar-refractivity contribution < 1.29 is 14.3 Å². The number of hydrogen-bond donors (Lipinski definition) is 1. The van der Waals surface area contributed by atoms with Crippen LogP contribution >= 0.6 is 0 Å². The number of nitrogens with zero attached hydrogens (tertiary/aromatic N) is 3. The van der Waals surface area contributed by atoms with E-state index in [1.807, 2.05) is 65.6 Å². The third kappa shape index (κ3) is 5.70. The van der Waals surface area contributed by atoms with Crippen molar-refractivity contribution >= 4 is 17.5 Å². The Morgan fingerprint density at radius 2 is 1.45 bits per heavy atom. The number of rotatable bonds is 6. The van der Waals surface area contributed by atoms with E-state index in [0.717, 1.165) is 24.3 Å². The molecule has 2 amide bonds. The van der Waals surface area contributed by atoms with Crippen molar-refractivity contribution in [1.29, 1.82) is 0 Å². The molecule has 31 heavy (non-hydrogen) atoms. The second-order valence-electron chi connectivity index (χ2n) is 7.97. The molecule has 0 radical (unpaired) electrons. The SMILES string of the molecule is O=C(Nc1ccccc1)C(c1ccccc1)N1CCN(C(=O)CN2CCOCC2)CC1. The number of piperazine rings is 1. The van der Waals surface area contributed by atoms with Crippen molar-refractivity contribution in [1.82, 2.24) is 14.7 Å². The lowest BCUT2D eigenvalue weighted by Crippen LogP contribution is -2.54. The van der Waals surface area contributed by atoms with Gasteiger partial charge in [-0.05, 0) is 17.7 Å². The quantitative estimate of drug-likeness (QED) is 0.770. The molecular weight excluding hydrogens is 392 g/mol. The molecule has 2 aromatic carbocycles. The Morgan fingerprint density at radius 1 is 0.839 bits per heavy atom. The van der Waals surface area contributed by atoms with Crippen molar-refractivity contribution in [3.8, 4) is 0 Å². The molecule has 7 heteroatoms. The van der Waals surface area contributed by atoms with Crippen LogP contribution in [0.2, 0.25) is 0 Å². The first kappa shape index (κ1) is 21.5. The van der Waals surface area contributed by atoms with Crippen molar-refractivity contribution in [3.05, 3.63) is 66.2 Å².